The van der Waals surface area contributed by atoms with Crippen LogP contribution in [0.2, 0.25) is 0 Å². The fourth-order valence-corrected chi connectivity index (χ4v) is 2.71. The Hall–Kier alpha value is -0.380. The van der Waals surface area contributed by atoms with E-state index < -0.39 is 0 Å². The molecule has 2 unspecified atom stereocenters. The highest BCUT2D eigenvalue weighted by Crippen LogP contribution is 2.16. The molecule has 92 valence electrons. The van der Waals surface area contributed by atoms with Crippen LogP contribution >= 0.6 is 11.3 Å². The average molecular weight is 240 g/mol. The molecule has 0 amide bonds. The lowest BCUT2D eigenvalue weighted by Gasteiger charge is -2.29. The first-order valence-corrected chi connectivity index (χ1v) is 6.88. The highest BCUT2D eigenvalue weighted by atomic mass is 32.1. The first-order valence-electron chi connectivity index (χ1n) is 5.94. The van der Waals surface area contributed by atoms with Gasteiger partial charge in [-0.15, -0.1) is 0 Å². The molecule has 1 aromatic heterocycles. The molecule has 2 atom stereocenters. The molecular formula is C13H24N2S. The van der Waals surface area contributed by atoms with Gasteiger partial charge in [-0.2, -0.15) is 11.3 Å². The lowest BCUT2D eigenvalue weighted by atomic mass is 10.0. The summed E-state index contributed by atoms with van der Waals surface area (Å²) < 4.78 is 0. The fraction of sp³-hybridized carbons (Fsp3) is 0.692. The van der Waals surface area contributed by atoms with Crippen molar-refractivity contribution in [3.8, 4) is 0 Å². The average Bonchev–Trinajstić information content (AvgIpc) is 2.69. The zero-order valence-corrected chi connectivity index (χ0v) is 11.8. The topological polar surface area (TPSA) is 15.3 Å². The summed E-state index contributed by atoms with van der Waals surface area (Å²) in [6.45, 7) is 7.83. The number of likely N-dealkylation sites (N-methyl/N-ethyl adjacent to an activating group) is 1. The van der Waals surface area contributed by atoms with Crippen LogP contribution in [0.3, 0.4) is 0 Å². The second-order valence-electron chi connectivity index (χ2n) is 4.96. The molecule has 1 heterocycles. The fourth-order valence-electron chi connectivity index (χ4n) is 1.95. The Morgan fingerprint density at radius 1 is 1.31 bits per heavy atom. The van der Waals surface area contributed by atoms with E-state index >= 15 is 0 Å². The monoisotopic (exact) mass is 240 g/mol. The lowest BCUT2D eigenvalue weighted by molar-refractivity contribution is 0.220. The van der Waals surface area contributed by atoms with Gasteiger partial charge in [-0.05, 0) is 49.3 Å². The van der Waals surface area contributed by atoms with Gasteiger partial charge in [-0.25, -0.2) is 0 Å². The van der Waals surface area contributed by atoms with Gasteiger partial charge in [0.05, 0.1) is 0 Å². The lowest BCUT2D eigenvalue weighted by Crippen LogP contribution is -2.42. The summed E-state index contributed by atoms with van der Waals surface area (Å²) in [5.41, 5.74) is 1.39. The number of rotatable bonds is 6. The third-order valence-electron chi connectivity index (χ3n) is 3.11. The largest absolute Gasteiger partial charge is 0.309 e. The van der Waals surface area contributed by atoms with Gasteiger partial charge in [-0.1, -0.05) is 13.8 Å². The maximum Gasteiger partial charge on any atom is 0.0300 e. The van der Waals surface area contributed by atoms with Crippen LogP contribution < -0.4 is 5.32 Å². The van der Waals surface area contributed by atoms with Crippen LogP contribution in [0.15, 0.2) is 16.8 Å². The van der Waals surface area contributed by atoms with Crippen molar-refractivity contribution in [3.63, 3.8) is 0 Å². The van der Waals surface area contributed by atoms with E-state index in [1.807, 2.05) is 0 Å². The van der Waals surface area contributed by atoms with Crippen LogP contribution in [0.4, 0.5) is 0 Å². The summed E-state index contributed by atoms with van der Waals surface area (Å²) in [6, 6.07) is 3.25. The molecule has 0 saturated carbocycles. The molecule has 2 nitrogen and oxygen atoms in total. The Balaban J connectivity index is 2.43. The van der Waals surface area contributed by atoms with E-state index in [9.17, 15) is 0 Å². The normalized spacial score (nSPS) is 15.7. The molecule has 1 aromatic rings. The van der Waals surface area contributed by atoms with Gasteiger partial charge in [0.1, 0.15) is 0 Å². The molecule has 16 heavy (non-hydrogen) atoms. The molecule has 0 saturated heterocycles. The Labute approximate surface area is 104 Å². The van der Waals surface area contributed by atoms with Crippen molar-refractivity contribution < 1.29 is 0 Å². The van der Waals surface area contributed by atoms with Crippen molar-refractivity contribution in [3.05, 3.63) is 22.4 Å². The second-order valence-corrected chi connectivity index (χ2v) is 5.74. The Morgan fingerprint density at radius 3 is 2.44 bits per heavy atom. The molecule has 0 aliphatic rings. The molecule has 0 fully saturated rings. The molecule has 0 radical (unpaired) electrons. The Kier molecular flexibility index (Phi) is 5.46. The zero-order valence-electron chi connectivity index (χ0n) is 11.0. The molecule has 0 aromatic carbocycles. The summed E-state index contributed by atoms with van der Waals surface area (Å²) in [7, 11) is 4.31. The van der Waals surface area contributed by atoms with E-state index in [1.165, 1.54) is 5.56 Å². The van der Waals surface area contributed by atoms with Gasteiger partial charge < -0.3 is 10.2 Å². The van der Waals surface area contributed by atoms with E-state index in [2.05, 4.69) is 61.9 Å². The van der Waals surface area contributed by atoms with Gasteiger partial charge >= 0.3 is 0 Å². The number of hydrogen-bond donors (Lipinski definition) is 1. The molecular weight excluding hydrogens is 216 g/mol. The summed E-state index contributed by atoms with van der Waals surface area (Å²) in [5.74, 6) is 0.678. The number of nitrogens with one attached hydrogen (secondary N) is 1. The molecule has 3 heteroatoms. The SMILES string of the molecule is CC(NCC(C(C)C)N(C)C)c1ccsc1. The Bertz CT molecular complexity index is 272. The summed E-state index contributed by atoms with van der Waals surface area (Å²) in [4.78, 5) is 2.30. The van der Waals surface area contributed by atoms with E-state index in [1.54, 1.807) is 11.3 Å². The van der Waals surface area contributed by atoms with Crippen LogP contribution in [0.25, 0.3) is 0 Å². The van der Waals surface area contributed by atoms with Crippen molar-refractivity contribution in [2.75, 3.05) is 20.6 Å². The first-order chi connectivity index (χ1) is 7.52. The maximum absolute atomic E-state index is 3.61. The van der Waals surface area contributed by atoms with Crippen LogP contribution in [0, 0.1) is 5.92 Å². The minimum absolute atomic E-state index is 0.451. The third-order valence-corrected chi connectivity index (χ3v) is 3.81. The van der Waals surface area contributed by atoms with Gasteiger partial charge in [0.25, 0.3) is 0 Å². The molecule has 1 N–H and O–H groups in total. The van der Waals surface area contributed by atoms with E-state index in [-0.39, 0.29) is 0 Å². The van der Waals surface area contributed by atoms with Crippen LogP contribution in [-0.4, -0.2) is 31.6 Å². The first kappa shape index (κ1) is 13.7. The maximum atomic E-state index is 3.61. The summed E-state index contributed by atoms with van der Waals surface area (Å²) >= 11 is 1.76. The Morgan fingerprint density at radius 2 is 2.00 bits per heavy atom. The number of thiophene rings is 1. The standard InChI is InChI=1S/C13H24N2S/c1-10(2)13(15(4)5)8-14-11(3)12-6-7-16-9-12/h6-7,9-11,13-14H,8H2,1-5H3. The van der Waals surface area contributed by atoms with Crippen LogP contribution in [-0.2, 0) is 0 Å². The van der Waals surface area contributed by atoms with E-state index in [0.29, 0.717) is 18.0 Å². The van der Waals surface area contributed by atoms with Crippen molar-refractivity contribution >= 4 is 11.3 Å². The minimum Gasteiger partial charge on any atom is -0.309 e. The molecule has 1 rings (SSSR count). The number of nitrogens with zero attached hydrogens (tertiary/aromatic N) is 1. The summed E-state index contributed by atoms with van der Waals surface area (Å²) in [6.07, 6.45) is 0. The number of hydrogen-bond acceptors (Lipinski definition) is 3. The molecule has 0 bridgehead atoms. The minimum atomic E-state index is 0.451. The van der Waals surface area contributed by atoms with Gasteiger partial charge in [-0.3, -0.25) is 0 Å². The van der Waals surface area contributed by atoms with Gasteiger partial charge in [0.15, 0.2) is 0 Å². The predicted octanol–water partition coefficient (Wildman–Crippen LogP) is 2.98. The van der Waals surface area contributed by atoms with Crippen molar-refractivity contribution in [2.24, 2.45) is 5.92 Å². The predicted molar refractivity (Wildman–Crippen MR) is 73.0 cm³/mol. The smallest absolute Gasteiger partial charge is 0.0300 e. The quantitative estimate of drug-likeness (QED) is 0.822. The highest BCUT2D eigenvalue weighted by Gasteiger charge is 2.16. The second kappa shape index (κ2) is 6.38. The highest BCUT2D eigenvalue weighted by molar-refractivity contribution is 7.07. The summed E-state index contributed by atoms with van der Waals surface area (Å²) in [5, 5.41) is 7.97. The molecule has 0 spiro atoms. The van der Waals surface area contributed by atoms with Crippen LogP contribution in [0.1, 0.15) is 32.4 Å². The van der Waals surface area contributed by atoms with Gasteiger partial charge in [0, 0.05) is 18.6 Å². The van der Waals surface area contributed by atoms with Crippen molar-refractivity contribution in [2.45, 2.75) is 32.9 Å². The van der Waals surface area contributed by atoms with E-state index in [0.717, 1.165) is 6.54 Å². The van der Waals surface area contributed by atoms with E-state index in [4.69, 9.17) is 0 Å². The van der Waals surface area contributed by atoms with Gasteiger partial charge in [0.2, 0.25) is 0 Å². The molecule has 0 aliphatic carbocycles. The molecule has 0 aliphatic heterocycles. The van der Waals surface area contributed by atoms with Crippen LogP contribution in [0.5, 0.6) is 0 Å². The van der Waals surface area contributed by atoms with Crippen molar-refractivity contribution in [1.82, 2.24) is 10.2 Å². The zero-order chi connectivity index (χ0) is 12.1. The third kappa shape index (κ3) is 3.89. The van der Waals surface area contributed by atoms with Crippen molar-refractivity contribution in [1.29, 1.82) is 0 Å².